The number of amides is 1. The number of rotatable bonds is 5. The number of benzene rings is 3. The molecule has 0 N–H and O–H groups in total. The van der Waals surface area contributed by atoms with E-state index < -0.39 is 0 Å². The van der Waals surface area contributed by atoms with Crippen molar-refractivity contribution in [2.45, 2.75) is 13.5 Å². The number of carbonyl (C=O) groups is 1. The number of para-hydroxylation sites is 2. The van der Waals surface area contributed by atoms with Gasteiger partial charge in [-0.15, -0.1) is 0 Å². The predicted octanol–water partition coefficient (Wildman–Crippen LogP) is 5.07. The maximum absolute atomic E-state index is 12.9. The second-order valence-electron chi connectivity index (χ2n) is 6.51. The van der Waals surface area contributed by atoms with Crippen LogP contribution in [0.25, 0.3) is 6.08 Å². The molecule has 1 heterocycles. The fraction of sp³-hybridized carbons (Fsp3) is 0.0833. The minimum absolute atomic E-state index is 0.137. The predicted molar refractivity (Wildman–Crippen MR) is 112 cm³/mol. The smallest absolute Gasteiger partial charge is 0.280 e. The number of hydrogen-bond donors (Lipinski definition) is 0. The molecule has 0 unspecified atom stereocenters. The van der Waals surface area contributed by atoms with E-state index in [1.54, 1.807) is 0 Å². The van der Waals surface area contributed by atoms with Crippen LogP contribution in [0.4, 0.5) is 5.69 Å². The number of anilines is 1. The Kier molecular flexibility index (Phi) is 5.02. The highest BCUT2D eigenvalue weighted by Crippen LogP contribution is 2.27. The second kappa shape index (κ2) is 7.92. The Morgan fingerprint density at radius 3 is 2.29 bits per heavy atom. The summed E-state index contributed by atoms with van der Waals surface area (Å²) in [4.78, 5) is 12.9. The molecule has 28 heavy (non-hydrogen) atoms. The van der Waals surface area contributed by atoms with Gasteiger partial charge in [0, 0.05) is 5.56 Å². The largest absolute Gasteiger partial charge is 0.488 e. The molecule has 0 spiro atoms. The van der Waals surface area contributed by atoms with Crippen LogP contribution in [0.5, 0.6) is 5.75 Å². The van der Waals surface area contributed by atoms with Crippen molar-refractivity contribution in [3.63, 3.8) is 0 Å². The average molecular weight is 368 g/mol. The van der Waals surface area contributed by atoms with E-state index in [9.17, 15) is 4.79 Å². The molecule has 0 aromatic heterocycles. The molecule has 0 saturated heterocycles. The van der Waals surface area contributed by atoms with E-state index >= 15 is 0 Å². The summed E-state index contributed by atoms with van der Waals surface area (Å²) < 4.78 is 6.01. The molecule has 0 aliphatic carbocycles. The van der Waals surface area contributed by atoms with Gasteiger partial charge in [0.2, 0.25) is 0 Å². The summed E-state index contributed by atoms with van der Waals surface area (Å²) in [6.07, 6.45) is 1.85. The van der Waals surface area contributed by atoms with Gasteiger partial charge in [-0.3, -0.25) is 4.79 Å². The van der Waals surface area contributed by atoms with Crippen LogP contribution >= 0.6 is 0 Å². The van der Waals surface area contributed by atoms with Crippen molar-refractivity contribution in [2.75, 3.05) is 5.01 Å². The van der Waals surface area contributed by atoms with E-state index in [4.69, 9.17) is 4.74 Å². The molecule has 0 atom stereocenters. The molecule has 4 rings (SSSR count). The van der Waals surface area contributed by atoms with Crippen LogP contribution < -0.4 is 9.75 Å². The van der Waals surface area contributed by atoms with Crippen molar-refractivity contribution < 1.29 is 9.53 Å². The van der Waals surface area contributed by atoms with Gasteiger partial charge in [0.25, 0.3) is 5.91 Å². The molecular weight excluding hydrogens is 348 g/mol. The van der Waals surface area contributed by atoms with Crippen molar-refractivity contribution >= 4 is 23.4 Å². The summed E-state index contributed by atoms with van der Waals surface area (Å²) in [7, 11) is 0. The van der Waals surface area contributed by atoms with Crippen LogP contribution in [0, 0.1) is 0 Å². The molecule has 3 aromatic carbocycles. The van der Waals surface area contributed by atoms with E-state index in [-0.39, 0.29) is 5.91 Å². The Hall–Kier alpha value is -3.66. The van der Waals surface area contributed by atoms with Crippen molar-refractivity contribution in [1.29, 1.82) is 0 Å². The quantitative estimate of drug-likeness (QED) is 0.590. The van der Waals surface area contributed by atoms with Gasteiger partial charge in [-0.05, 0) is 36.8 Å². The van der Waals surface area contributed by atoms with E-state index in [2.05, 4.69) is 5.10 Å². The third kappa shape index (κ3) is 3.71. The highest BCUT2D eigenvalue weighted by atomic mass is 16.5. The fourth-order valence-electron chi connectivity index (χ4n) is 3.05. The molecule has 1 aliphatic rings. The van der Waals surface area contributed by atoms with Crippen molar-refractivity contribution in [3.8, 4) is 5.75 Å². The lowest BCUT2D eigenvalue weighted by molar-refractivity contribution is -0.114. The number of carbonyl (C=O) groups excluding carboxylic acids is 1. The zero-order valence-electron chi connectivity index (χ0n) is 15.6. The van der Waals surface area contributed by atoms with Crippen LogP contribution in [0.1, 0.15) is 18.1 Å². The lowest BCUT2D eigenvalue weighted by Crippen LogP contribution is -2.21. The summed E-state index contributed by atoms with van der Waals surface area (Å²) in [5, 5.41) is 5.87. The molecule has 1 amide bonds. The first-order chi connectivity index (χ1) is 13.7. The summed E-state index contributed by atoms with van der Waals surface area (Å²) >= 11 is 0. The number of hydrogen-bond acceptors (Lipinski definition) is 3. The zero-order chi connectivity index (χ0) is 19.3. The molecular formula is C24H20N2O2. The number of nitrogens with zero attached hydrogens (tertiary/aromatic N) is 2. The molecule has 0 fully saturated rings. The van der Waals surface area contributed by atoms with E-state index in [0.717, 1.165) is 22.6 Å². The zero-order valence-corrected chi connectivity index (χ0v) is 15.6. The van der Waals surface area contributed by atoms with Crippen LogP contribution in [0.15, 0.2) is 95.6 Å². The maximum atomic E-state index is 12.9. The highest BCUT2D eigenvalue weighted by molar-refractivity contribution is 6.32. The van der Waals surface area contributed by atoms with Gasteiger partial charge in [0.15, 0.2) is 0 Å². The van der Waals surface area contributed by atoms with Crippen molar-refractivity contribution in [1.82, 2.24) is 0 Å². The third-order valence-electron chi connectivity index (χ3n) is 4.52. The molecule has 4 heteroatoms. The highest BCUT2D eigenvalue weighted by Gasteiger charge is 2.28. The van der Waals surface area contributed by atoms with E-state index in [1.165, 1.54) is 5.01 Å². The Morgan fingerprint density at radius 2 is 1.54 bits per heavy atom. The molecule has 138 valence electrons. The molecule has 0 saturated carbocycles. The van der Waals surface area contributed by atoms with Gasteiger partial charge >= 0.3 is 0 Å². The normalized spacial score (nSPS) is 15.0. The Balaban J connectivity index is 1.59. The topological polar surface area (TPSA) is 41.9 Å². The van der Waals surface area contributed by atoms with Crippen LogP contribution in [-0.4, -0.2) is 11.6 Å². The van der Waals surface area contributed by atoms with Gasteiger partial charge in [-0.25, -0.2) is 0 Å². The minimum Gasteiger partial charge on any atom is -0.488 e. The fourth-order valence-corrected chi connectivity index (χ4v) is 3.05. The Labute approximate surface area is 164 Å². The van der Waals surface area contributed by atoms with Crippen molar-refractivity contribution in [3.05, 3.63) is 102 Å². The van der Waals surface area contributed by atoms with E-state index in [1.807, 2.05) is 97.9 Å². The molecule has 3 aromatic rings. The van der Waals surface area contributed by atoms with E-state index in [0.29, 0.717) is 17.9 Å². The van der Waals surface area contributed by atoms with Crippen LogP contribution in [-0.2, 0) is 11.4 Å². The first-order valence-corrected chi connectivity index (χ1v) is 9.15. The first-order valence-electron chi connectivity index (χ1n) is 9.15. The number of ether oxygens (including phenoxy) is 1. The monoisotopic (exact) mass is 368 g/mol. The van der Waals surface area contributed by atoms with Gasteiger partial charge in [-0.1, -0.05) is 66.7 Å². The SMILES string of the molecule is CC1=NN(c2ccccc2)C(=O)C1=Cc1ccccc1OCc1ccccc1. The maximum Gasteiger partial charge on any atom is 0.280 e. The van der Waals surface area contributed by atoms with Gasteiger partial charge in [0.05, 0.1) is 17.0 Å². The molecule has 1 aliphatic heterocycles. The Morgan fingerprint density at radius 1 is 0.893 bits per heavy atom. The van der Waals surface area contributed by atoms with Crippen LogP contribution in [0.2, 0.25) is 0 Å². The molecule has 4 nitrogen and oxygen atoms in total. The first kappa shape index (κ1) is 17.7. The lowest BCUT2D eigenvalue weighted by Gasteiger charge is -2.12. The van der Waals surface area contributed by atoms with Crippen LogP contribution in [0.3, 0.4) is 0 Å². The van der Waals surface area contributed by atoms with Gasteiger partial charge in [-0.2, -0.15) is 10.1 Å². The Bertz CT molecular complexity index is 1040. The van der Waals surface area contributed by atoms with Gasteiger partial charge < -0.3 is 4.74 Å². The summed E-state index contributed by atoms with van der Waals surface area (Å²) in [6, 6.07) is 27.2. The standard InChI is InChI=1S/C24H20N2O2/c1-18-22(24(27)26(25-18)21-13-6-3-7-14-21)16-20-12-8-9-15-23(20)28-17-19-10-4-2-5-11-19/h2-16H,17H2,1H3. The number of hydrazone groups is 1. The molecule has 0 bridgehead atoms. The minimum atomic E-state index is -0.137. The summed E-state index contributed by atoms with van der Waals surface area (Å²) in [6.45, 7) is 2.32. The lowest BCUT2D eigenvalue weighted by atomic mass is 10.1. The summed E-state index contributed by atoms with van der Waals surface area (Å²) in [5.74, 6) is 0.596. The van der Waals surface area contributed by atoms with Crippen molar-refractivity contribution in [2.24, 2.45) is 5.10 Å². The summed E-state index contributed by atoms with van der Waals surface area (Å²) in [5.41, 5.74) is 3.95. The second-order valence-corrected chi connectivity index (χ2v) is 6.51. The van der Waals surface area contributed by atoms with Gasteiger partial charge in [0.1, 0.15) is 12.4 Å². The molecule has 0 radical (unpaired) electrons. The average Bonchev–Trinajstić information content (AvgIpc) is 3.03. The third-order valence-corrected chi connectivity index (χ3v) is 4.52.